The first-order valence-electron chi connectivity index (χ1n) is 8.99. The van der Waals surface area contributed by atoms with Crippen LogP contribution >= 0.6 is 0 Å². The smallest absolute Gasteiger partial charge is 0.271 e. The van der Waals surface area contributed by atoms with Crippen LogP contribution in [-0.2, 0) is 17.6 Å². The van der Waals surface area contributed by atoms with Crippen LogP contribution < -0.4 is 16.2 Å². The topological polar surface area (TPSA) is 74.0 Å². The molecule has 1 saturated carbocycles. The number of rotatable bonds is 2. The fourth-order valence-corrected chi connectivity index (χ4v) is 4.71. The molecule has 3 N–H and O–H groups in total. The molecule has 3 aliphatic rings. The Hall–Kier alpha value is -1.62. The van der Waals surface area contributed by atoms with E-state index < -0.39 is 0 Å². The van der Waals surface area contributed by atoms with Crippen LogP contribution in [0.15, 0.2) is 10.9 Å². The zero-order chi connectivity index (χ0) is 15.9. The summed E-state index contributed by atoms with van der Waals surface area (Å²) >= 11 is 0. The molecule has 5 heteroatoms. The third-order valence-electron chi connectivity index (χ3n) is 6.03. The van der Waals surface area contributed by atoms with Gasteiger partial charge in [-0.2, -0.15) is 0 Å². The molecule has 0 unspecified atom stereocenters. The maximum atomic E-state index is 13.0. The Balaban J connectivity index is 1.60. The van der Waals surface area contributed by atoms with Gasteiger partial charge in [0.05, 0.1) is 5.41 Å². The van der Waals surface area contributed by atoms with Gasteiger partial charge in [0, 0.05) is 11.7 Å². The van der Waals surface area contributed by atoms with Crippen molar-refractivity contribution in [2.45, 2.75) is 63.8 Å². The van der Waals surface area contributed by atoms with Crippen molar-refractivity contribution in [1.82, 2.24) is 10.3 Å². The highest BCUT2D eigenvalue weighted by Crippen LogP contribution is 2.43. The monoisotopic (exact) mass is 315 g/mol. The molecule has 2 fully saturated rings. The summed E-state index contributed by atoms with van der Waals surface area (Å²) in [6, 6.07) is 2.18. The normalized spacial score (nSPS) is 29.7. The summed E-state index contributed by atoms with van der Waals surface area (Å²) in [5, 5.41) is 6.45. The van der Waals surface area contributed by atoms with Crippen molar-refractivity contribution in [1.29, 1.82) is 0 Å². The standard InChI is InChI=1S/C18H25N3O2/c22-16-14(11-12-5-1-2-6-13(12)20-16)21-17(23)18-8-4-3-7-15(18)19-10-9-18/h11,15,19H,1-10H2,(H,20,22)(H,21,23)/t15-,18+/m0/s1. The van der Waals surface area contributed by atoms with E-state index in [1.54, 1.807) is 0 Å². The summed E-state index contributed by atoms with van der Waals surface area (Å²) in [6.45, 7) is 0.901. The Labute approximate surface area is 136 Å². The highest BCUT2D eigenvalue weighted by molar-refractivity contribution is 5.96. The van der Waals surface area contributed by atoms with Gasteiger partial charge in [0.1, 0.15) is 5.69 Å². The first-order valence-corrected chi connectivity index (χ1v) is 8.99. The molecule has 4 rings (SSSR count). The number of nitrogens with one attached hydrogen (secondary N) is 3. The molecule has 0 spiro atoms. The van der Waals surface area contributed by atoms with Gasteiger partial charge in [-0.05, 0) is 63.1 Å². The number of anilines is 1. The van der Waals surface area contributed by atoms with Gasteiger partial charge in [0.2, 0.25) is 5.91 Å². The largest absolute Gasteiger partial charge is 0.324 e. The van der Waals surface area contributed by atoms with Crippen LogP contribution in [0, 0.1) is 5.41 Å². The van der Waals surface area contributed by atoms with Crippen LogP contribution in [0.3, 0.4) is 0 Å². The van der Waals surface area contributed by atoms with E-state index in [0.29, 0.717) is 5.69 Å². The minimum absolute atomic E-state index is 0.0356. The van der Waals surface area contributed by atoms with E-state index in [9.17, 15) is 9.59 Å². The van der Waals surface area contributed by atoms with E-state index in [4.69, 9.17) is 0 Å². The molecular weight excluding hydrogens is 290 g/mol. The molecule has 2 heterocycles. The summed E-state index contributed by atoms with van der Waals surface area (Å²) in [6.07, 6.45) is 9.38. The molecule has 1 amide bonds. The fraction of sp³-hybridized carbons (Fsp3) is 0.667. The van der Waals surface area contributed by atoms with Crippen LogP contribution in [0.1, 0.15) is 56.2 Å². The number of carbonyl (C=O) groups is 1. The van der Waals surface area contributed by atoms with Crippen LogP contribution in [0.25, 0.3) is 0 Å². The van der Waals surface area contributed by atoms with Crippen molar-refractivity contribution in [2.24, 2.45) is 5.41 Å². The average molecular weight is 315 g/mol. The Morgan fingerprint density at radius 2 is 2.04 bits per heavy atom. The van der Waals surface area contributed by atoms with Gasteiger partial charge in [0.15, 0.2) is 0 Å². The van der Waals surface area contributed by atoms with Crippen molar-refractivity contribution >= 4 is 11.6 Å². The minimum Gasteiger partial charge on any atom is -0.324 e. The second kappa shape index (κ2) is 5.78. The van der Waals surface area contributed by atoms with Crippen molar-refractivity contribution < 1.29 is 4.79 Å². The highest BCUT2D eigenvalue weighted by Gasteiger charge is 2.49. The third kappa shape index (κ3) is 2.51. The summed E-state index contributed by atoms with van der Waals surface area (Å²) in [5.41, 5.74) is 2.19. The zero-order valence-corrected chi connectivity index (χ0v) is 13.5. The van der Waals surface area contributed by atoms with Crippen LogP contribution in [0.4, 0.5) is 5.69 Å². The van der Waals surface area contributed by atoms with Crippen LogP contribution in [0.5, 0.6) is 0 Å². The molecule has 1 aromatic heterocycles. The summed E-state index contributed by atoms with van der Waals surface area (Å²) in [4.78, 5) is 28.3. The number of aromatic amines is 1. The van der Waals surface area contributed by atoms with Crippen LogP contribution in [-0.4, -0.2) is 23.5 Å². The number of hydrogen-bond acceptors (Lipinski definition) is 3. The van der Waals surface area contributed by atoms with Gasteiger partial charge in [-0.25, -0.2) is 0 Å². The van der Waals surface area contributed by atoms with Crippen molar-refractivity contribution in [3.63, 3.8) is 0 Å². The highest BCUT2D eigenvalue weighted by atomic mass is 16.2. The van der Waals surface area contributed by atoms with Gasteiger partial charge in [0.25, 0.3) is 5.56 Å². The molecule has 23 heavy (non-hydrogen) atoms. The van der Waals surface area contributed by atoms with Gasteiger partial charge < -0.3 is 15.6 Å². The molecule has 2 aliphatic carbocycles. The summed E-state index contributed by atoms with van der Waals surface area (Å²) in [5.74, 6) is 0.0356. The molecule has 0 bridgehead atoms. The number of aryl methyl sites for hydroxylation is 2. The zero-order valence-electron chi connectivity index (χ0n) is 13.5. The Bertz CT molecular complexity index is 681. The number of amides is 1. The Kier molecular flexibility index (Phi) is 3.76. The van der Waals surface area contributed by atoms with Gasteiger partial charge in [-0.1, -0.05) is 12.8 Å². The molecule has 5 nitrogen and oxygen atoms in total. The number of fused-ring (bicyclic) bond motifs is 2. The predicted octanol–water partition coefficient (Wildman–Crippen LogP) is 2.11. The average Bonchev–Trinajstić information content (AvgIpc) is 3.01. The molecular formula is C18H25N3O2. The maximum absolute atomic E-state index is 13.0. The number of hydrogen-bond donors (Lipinski definition) is 3. The number of H-pyrrole nitrogens is 1. The second-order valence-corrected chi connectivity index (χ2v) is 7.34. The van der Waals surface area contributed by atoms with Gasteiger partial charge in [-0.15, -0.1) is 0 Å². The fourth-order valence-electron chi connectivity index (χ4n) is 4.71. The molecule has 1 aromatic rings. The lowest BCUT2D eigenvalue weighted by Gasteiger charge is -2.37. The van der Waals surface area contributed by atoms with Crippen LogP contribution in [0.2, 0.25) is 0 Å². The maximum Gasteiger partial charge on any atom is 0.271 e. The SMILES string of the molecule is O=C(Nc1cc2c([nH]c1=O)CCCC2)[C@@]12CCCC[C@@H]1NCC2. The lowest BCUT2D eigenvalue weighted by Crippen LogP contribution is -2.48. The number of pyridine rings is 1. The van der Waals surface area contributed by atoms with Gasteiger partial charge >= 0.3 is 0 Å². The number of carbonyl (C=O) groups excluding carboxylic acids is 1. The summed E-state index contributed by atoms with van der Waals surface area (Å²) in [7, 11) is 0. The first kappa shape index (κ1) is 14.9. The molecule has 0 radical (unpaired) electrons. The Morgan fingerprint density at radius 1 is 1.17 bits per heavy atom. The molecule has 1 aliphatic heterocycles. The molecule has 2 atom stereocenters. The third-order valence-corrected chi connectivity index (χ3v) is 6.03. The summed E-state index contributed by atoms with van der Waals surface area (Å²) < 4.78 is 0. The molecule has 1 saturated heterocycles. The van der Waals surface area contributed by atoms with E-state index >= 15 is 0 Å². The second-order valence-electron chi connectivity index (χ2n) is 7.34. The lowest BCUT2D eigenvalue weighted by molar-refractivity contribution is -0.127. The van der Waals surface area contributed by atoms with Gasteiger partial charge in [-0.3, -0.25) is 9.59 Å². The van der Waals surface area contributed by atoms with E-state index in [2.05, 4.69) is 15.6 Å². The molecule has 0 aromatic carbocycles. The Morgan fingerprint density at radius 3 is 2.96 bits per heavy atom. The quantitative estimate of drug-likeness (QED) is 0.782. The van der Waals surface area contributed by atoms with Crippen molar-refractivity contribution in [3.05, 3.63) is 27.7 Å². The lowest BCUT2D eigenvalue weighted by atomic mass is 9.70. The minimum atomic E-state index is -0.319. The van der Waals surface area contributed by atoms with E-state index in [0.717, 1.165) is 63.6 Å². The first-order chi connectivity index (χ1) is 11.2. The van der Waals surface area contributed by atoms with E-state index in [-0.39, 0.29) is 22.9 Å². The molecule has 124 valence electrons. The predicted molar refractivity (Wildman–Crippen MR) is 89.6 cm³/mol. The van der Waals surface area contributed by atoms with E-state index in [1.807, 2.05) is 6.07 Å². The van der Waals surface area contributed by atoms with Crippen molar-refractivity contribution in [3.8, 4) is 0 Å². The number of aromatic nitrogens is 1. The van der Waals surface area contributed by atoms with Crippen molar-refractivity contribution in [2.75, 3.05) is 11.9 Å². The van der Waals surface area contributed by atoms with E-state index in [1.165, 1.54) is 12.0 Å².